The number of benzene rings is 1. The molecule has 1 aromatic rings. The van der Waals surface area contributed by atoms with Gasteiger partial charge in [0, 0.05) is 44.4 Å². The van der Waals surface area contributed by atoms with Crippen LogP contribution in [0.15, 0.2) is 10.5 Å². The standard InChI is InChI=1S/C13H18BrFN2O2/c1-19-11-8-10(15)12(14)9(13(11)18)2-5-17-6-3-16-4-7-17/h8,16,18H,2-7H2,1H3. The molecule has 1 fully saturated rings. The zero-order valence-electron chi connectivity index (χ0n) is 10.9. The highest BCUT2D eigenvalue weighted by Gasteiger charge is 2.18. The minimum absolute atomic E-state index is 0.0194. The lowest BCUT2D eigenvalue weighted by molar-refractivity contribution is 0.242. The molecule has 1 saturated heterocycles. The number of nitrogens with zero attached hydrogens (tertiary/aromatic N) is 1. The number of hydrogen-bond donors (Lipinski definition) is 2. The number of piperazine rings is 1. The van der Waals surface area contributed by atoms with Gasteiger partial charge >= 0.3 is 0 Å². The molecule has 6 heteroatoms. The van der Waals surface area contributed by atoms with Crippen LogP contribution in [0, 0.1) is 5.82 Å². The zero-order valence-corrected chi connectivity index (χ0v) is 12.5. The number of phenolic OH excluding ortho intramolecular Hbond substituents is 1. The number of nitrogens with one attached hydrogen (secondary N) is 1. The van der Waals surface area contributed by atoms with Gasteiger partial charge in [-0.15, -0.1) is 0 Å². The van der Waals surface area contributed by atoms with Gasteiger partial charge in [-0.25, -0.2) is 4.39 Å². The second kappa shape index (κ2) is 6.54. The Balaban J connectivity index is 2.12. The summed E-state index contributed by atoms with van der Waals surface area (Å²) in [5.41, 5.74) is 0.565. The molecule has 1 aliphatic rings. The molecule has 2 rings (SSSR count). The van der Waals surface area contributed by atoms with Gasteiger partial charge in [0.15, 0.2) is 11.5 Å². The van der Waals surface area contributed by atoms with Crippen molar-refractivity contribution >= 4 is 15.9 Å². The van der Waals surface area contributed by atoms with Crippen molar-refractivity contribution < 1.29 is 14.2 Å². The summed E-state index contributed by atoms with van der Waals surface area (Å²) in [5, 5.41) is 13.4. The first kappa shape index (κ1) is 14.6. The normalized spacial score (nSPS) is 16.6. The molecule has 0 aromatic heterocycles. The van der Waals surface area contributed by atoms with Crippen molar-refractivity contribution in [1.29, 1.82) is 0 Å². The SMILES string of the molecule is COc1cc(F)c(Br)c(CCN2CCNCC2)c1O. The van der Waals surface area contributed by atoms with Crippen LogP contribution in [-0.2, 0) is 6.42 Å². The van der Waals surface area contributed by atoms with Gasteiger partial charge in [-0.2, -0.15) is 0 Å². The monoisotopic (exact) mass is 332 g/mol. The number of methoxy groups -OCH3 is 1. The number of hydrogen-bond acceptors (Lipinski definition) is 4. The third kappa shape index (κ3) is 3.38. The fourth-order valence-corrected chi connectivity index (χ4v) is 2.73. The van der Waals surface area contributed by atoms with E-state index in [0.717, 1.165) is 32.7 Å². The summed E-state index contributed by atoms with van der Waals surface area (Å²) < 4.78 is 19.0. The van der Waals surface area contributed by atoms with Crippen LogP contribution >= 0.6 is 15.9 Å². The molecule has 0 unspecified atom stereocenters. The van der Waals surface area contributed by atoms with Crippen molar-refractivity contribution in [2.24, 2.45) is 0 Å². The Morgan fingerprint density at radius 2 is 2.16 bits per heavy atom. The second-order valence-corrected chi connectivity index (χ2v) is 5.34. The molecule has 1 heterocycles. The van der Waals surface area contributed by atoms with Crippen LogP contribution in [0.3, 0.4) is 0 Å². The van der Waals surface area contributed by atoms with E-state index in [1.165, 1.54) is 13.2 Å². The highest BCUT2D eigenvalue weighted by molar-refractivity contribution is 9.10. The molecule has 19 heavy (non-hydrogen) atoms. The van der Waals surface area contributed by atoms with Gasteiger partial charge < -0.3 is 20.1 Å². The van der Waals surface area contributed by atoms with E-state index in [-0.39, 0.29) is 11.5 Å². The topological polar surface area (TPSA) is 44.7 Å². The minimum atomic E-state index is -0.412. The van der Waals surface area contributed by atoms with Gasteiger partial charge in [0.1, 0.15) is 5.82 Å². The van der Waals surface area contributed by atoms with E-state index in [9.17, 15) is 9.50 Å². The van der Waals surface area contributed by atoms with Crippen molar-refractivity contribution in [2.75, 3.05) is 39.8 Å². The van der Waals surface area contributed by atoms with E-state index in [1.807, 2.05) is 0 Å². The average Bonchev–Trinajstić information content (AvgIpc) is 2.44. The van der Waals surface area contributed by atoms with Gasteiger partial charge in [-0.3, -0.25) is 0 Å². The Bertz CT molecular complexity index is 451. The van der Waals surface area contributed by atoms with E-state index >= 15 is 0 Å². The smallest absolute Gasteiger partial charge is 0.163 e. The summed E-state index contributed by atoms with van der Waals surface area (Å²) in [4.78, 5) is 2.29. The molecule has 0 bridgehead atoms. The molecular formula is C13H18BrFN2O2. The van der Waals surface area contributed by atoms with E-state index in [0.29, 0.717) is 16.5 Å². The lowest BCUT2D eigenvalue weighted by Crippen LogP contribution is -2.44. The van der Waals surface area contributed by atoms with Crippen LogP contribution in [0.2, 0.25) is 0 Å². The molecule has 1 aromatic carbocycles. The van der Waals surface area contributed by atoms with Crippen LogP contribution in [0.4, 0.5) is 4.39 Å². The van der Waals surface area contributed by atoms with Crippen LogP contribution in [0.25, 0.3) is 0 Å². The summed E-state index contributed by atoms with van der Waals surface area (Å²) in [6.07, 6.45) is 0.584. The lowest BCUT2D eigenvalue weighted by Gasteiger charge is -2.27. The molecule has 0 atom stereocenters. The third-order valence-corrected chi connectivity index (χ3v) is 4.22. The Kier molecular flexibility index (Phi) is 5.01. The molecule has 0 amide bonds. The van der Waals surface area contributed by atoms with Crippen LogP contribution in [0.5, 0.6) is 11.5 Å². The molecule has 1 aliphatic heterocycles. The number of ether oxygens (including phenoxy) is 1. The fraction of sp³-hybridized carbons (Fsp3) is 0.538. The molecule has 4 nitrogen and oxygen atoms in total. The molecule has 0 radical (unpaired) electrons. The molecule has 0 spiro atoms. The first-order chi connectivity index (χ1) is 9.13. The molecular weight excluding hydrogens is 315 g/mol. The Labute approximate surface area is 120 Å². The molecule has 0 aliphatic carbocycles. The Morgan fingerprint density at radius 1 is 1.47 bits per heavy atom. The largest absolute Gasteiger partial charge is 0.504 e. The first-order valence-electron chi connectivity index (χ1n) is 6.30. The Morgan fingerprint density at radius 3 is 2.79 bits per heavy atom. The maximum absolute atomic E-state index is 13.7. The zero-order chi connectivity index (χ0) is 13.8. The highest BCUT2D eigenvalue weighted by atomic mass is 79.9. The van der Waals surface area contributed by atoms with Gasteiger partial charge in [-0.1, -0.05) is 0 Å². The van der Waals surface area contributed by atoms with Gasteiger partial charge in [0.25, 0.3) is 0 Å². The number of phenols is 1. The summed E-state index contributed by atoms with van der Waals surface area (Å²) in [6, 6.07) is 1.19. The van der Waals surface area contributed by atoms with Gasteiger partial charge in [0.2, 0.25) is 0 Å². The van der Waals surface area contributed by atoms with E-state index in [1.54, 1.807) is 0 Å². The van der Waals surface area contributed by atoms with Crippen LogP contribution < -0.4 is 10.1 Å². The quantitative estimate of drug-likeness (QED) is 0.881. The van der Waals surface area contributed by atoms with Crippen molar-refractivity contribution in [1.82, 2.24) is 10.2 Å². The van der Waals surface area contributed by atoms with Crippen molar-refractivity contribution in [3.8, 4) is 11.5 Å². The summed E-state index contributed by atoms with van der Waals surface area (Å²) in [5.74, 6) is -0.216. The van der Waals surface area contributed by atoms with Crippen LogP contribution in [-0.4, -0.2) is 49.8 Å². The van der Waals surface area contributed by atoms with Crippen LogP contribution in [0.1, 0.15) is 5.56 Å². The third-order valence-electron chi connectivity index (χ3n) is 3.36. The summed E-state index contributed by atoms with van der Waals surface area (Å²) >= 11 is 3.20. The summed E-state index contributed by atoms with van der Waals surface area (Å²) in [7, 11) is 1.42. The minimum Gasteiger partial charge on any atom is -0.504 e. The Hall–Kier alpha value is -0.850. The van der Waals surface area contributed by atoms with E-state index < -0.39 is 5.82 Å². The molecule has 0 saturated carbocycles. The van der Waals surface area contributed by atoms with Crippen molar-refractivity contribution in [3.63, 3.8) is 0 Å². The maximum Gasteiger partial charge on any atom is 0.163 e. The van der Waals surface area contributed by atoms with Crippen molar-refractivity contribution in [3.05, 3.63) is 21.9 Å². The van der Waals surface area contributed by atoms with E-state index in [2.05, 4.69) is 26.1 Å². The van der Waals surface area contributed by atoms with Gasteiger partial charge in [-0.05, 0) is 22.4 Å². The summed E-state index contributed by atoms with van der Waals surface area (Å²) in [6.45, 7) is 4.69. The predicted molar refractivity (Wildman–Crippen MR) is 75.3 cm³/mol. The van der Waals surface area contributed by atoms with Crippen molar-refractivity contribution in [2.45, 2.75) is 6.42 Å². The number of halogens is 2. The van der Waals surface area contributed by atoms with E-state index in [4.69, 9.17) is 4.74 Å². The number of aromatic hydroxyl groups is 1. The van der Waals surface area contributed by atoms with Gasteiger partial charge in [0.05, 0.1) is 11.6 Å². The predicted octanol–water partition coefficient (Wildman–Crippen LogP) is 1.75. The highest BCUT2D eigenvalue weighted by Crippen LogP contribution is 2.37. The molecule has 106 valence electrons. The number of rotatable bonds is 4. The average molecular weight is 333 g/mol. The second-order valence-electron chi connectivity index (χ2n) is 4.54. The fourth-order valence-electron chi connectivity index (χ4n) is 2.23. The molecule has 2 N–H and O–H groups in total. The lowest BCUT2D eigenvalue weighted by atomic mass is 10.1. The maximum atomic E-state index is 13.7. The first-order valence-corrected chi connectivity index (χ1v) is 7.09.